The lowest BCUT2D eigenvalue weighted by Gasteiger charge is -2.14. The van der Waals surface area contributed by atoms with Crippen LogP contribution in [0.1, 0.15) is 25.3 Å². The minimum Gasteiger partial charge on any atom is -0.336 e. The third-order valence-corrected chi connectivity index (χ3v) is 2.57. The number of carbonyl (C=O) groups excluding carboxylic acids is 1. The molecule has 1 aromatic rings. The summed E-state index contributed by atoms with van der Waals surface area (Å²) in [6, 6.07) is 3.92. The van der Waals surface area contributed by atoms with Crippen LogP contribution in [0.3, 0.4) is 0 Å². The van der Waals surface area contributed by atoms with Gasteiger partial charge in [-0.2, -0.15) is 0 Å². The van der Waals surface area contributed by atoms with Crippen molar-refractivity contribution in [1.82, 2.24) is 10.3 Å². The Kier molecular flexibility index (Phi) is 2.58. The molecule has 4 heteroatoms. The Hall–Kier alpha value is -1.58. The number of hydrogen-bond acceptors (Lipinski definition) is 2. The van der Waals surface area contributed by atoms with Crippen LogP contribution < -0.4 is 10.2 Å². The van der Waals surface area contributed by atoms with Gasteiger partial charge in [0.1, 0.15) is 5.82 Å². The van der Waals surface area contributed by atoms with Gasteiger partial charge in [-0.1, -0.05) is 13.8 Å². The van der Waals surface area contributed by atoms with Gasteiger partial charge in [0.15, 0.2) is 0 Å². The predicted molar refractivity (Wildman–Crippen MR) is 59.1 cm³/mol. The molecule has 2 rings (SSSR count). The lowest BCUT2D eigenvalue weighted by molar-refractivity contribution is 0.252. The fourth-order valence-corrected chi connectivity index (χ4v) is 1.63. The van der Waals surface area contributed by atoms with Crippen molar-refractivity contribution in [2.45, 2.75) is 19.8 Å². The highest BCUT2D eigenvalue weighted by atomic mass is 16.2. The third kappa shape index (κ3) is 1.93. The van der Waals surface area contributed by atoms with E-state index in [-0.39, 0.29) is 6.03 Å². The maximum atomic E-state index is 11.4. The molecule has 80 valence electrons. The van der Waals surface area contributed by atoms with Crippen molar-refractivity contribution >= 4 is 11.8 Å². The van der Waals surface area contributed by atoms with Gasteiger partial charge in [-0.25, -0.2) is 9.78 Å². The second-order valence-corrected chi connectivity index (χ2v) is 3.99. The summed E-state index contributed by atoms with van der Waals surface area (Å²) in [6.07, 6.45) is 1.76. The SMILES string of the molecule is CC(C)c1ccnc(N2CCNC2=O)c1. The molecule has 4 nitrogen and oxygen atoms in total. The van der Waals surface area contributed by atoms with E-state index < -0.39 is 0 Å². The summed E-state index contributed by atoms with van der Waals surface area (Å²) in [5.74, 6) is 1.20. The molecular weight excluding hydrogens is 190 g/mol. The number of rotatable bonds is 2. The molecule has 0 saturated carbocycles. The summed E-state index contributed by atoms with van der Waals surface area (Å²) >= 11 is 0. The summed E-state index contributed by atoms with van der Waals surface area (Å²) in [5, 5.41) is 2.76. The molecule has 0 unspecified atom stereocenters. The van der Waals surface area contributed by atoms with Crippen molar-refractivity contribution < 1.29 is 4.79 Å². The molecule has 1 N–H and O–H groups in total. The van der Waals surface area contributed by atoms with E-state index in [1.165, 1.54) is 5.56 Å². The van der Waals surface area contributed by atoms with E-state index in [1.54, 1.807) is 11.1 Å². The Labute approximate surface area is 89.3 Å². The maximum absolute atomic E-state index is 11.4. The minimum atomic E-state index is -0.0524. The molecule has 0 spiro atoms. The van der Waals surface area contributed by atoms with Gasteiger partial charge >= 0.3 is 6.03 Å². The molecule has 0 atom stereocenters. The van der Waals surface area contributed by atoms with E-state index in [0.717, 1.165) is 5.82 Å². The molecule has 0 radical (unpaired) electrons. The van der Waals surface area contributed by atoms with Crippen LogP contribution in [-0.4, -0.2) is 24.1 Å². The molecule has 1 aliphatic heterocycles. The Morgan fingerprint density at radius 3 is 2.93 bits per heavy atom. The summed E-state index contributed by atoms with van der Waals surface area (Å²) in [4.78, 5) is 17.3. The zero-order valence-electron chi connectivity index (χ0n) is 9.03. The van der Waals surface area contributed by atoms with Crippen molar-refractivity contribution in [3.05, 3.63) is 23.9 Å². The van der Waals surface area contributed by atoms with E-state index >= 15 is 0 Å². The third-order valence-electron chi connectivity index (χ3n) is 2.57. The monoisotopic (exact) mass is 205 g/mol. The lowest BCUT2D eigenvalue weighted by Crippen LogP contribution is -2.28. The van der Waals surface area contributed by atoms with Crippen LogP contribution in [0.15, 0.2) is 18.3 Å². The quantitative estimate of drug-likeness (QED) is 0.799. The fourth-order valence-electron chi connectivity index (χ4n) is 1.63. The second-order valence-electron chi connectivity index (χ2n) is 3.99. The predicted octanol–water partition coefficient (Wildman–Crippen LogP) is 1.73. The van der Waals surface area contributed by atoms with Crippen LogP contribution in [0, 0.1) is 0 Å². The van der Waals surface area contributed by atoms with Crippen molar-refractivity contribution in [3.63, 3.8) is 0 Å². The smallest absolute Gasteiger partial charge is 0.323 e. The normalized spacial score (nSPS) is 15.9. The Morgan fingerprint density at radius 1 is 1.53 bits per heavy atom. The van der Waals surface area contributed by atoms with Gasteiger partial charge in [0.05, 0.1) is 0 Å². The number of nitrogens with one attached hydrogen (secondary N) is 1. The topological polar surface area (TPSA) is 45.2 Å². The average Bonchev–Trinajstić information content (AvgIpc) is 2.64. The van der Waals surface area contributed by atoms with Crippen LogP contribution >= 0.6 is 0 Å². The molecule has 1 fully saturated rings. The van der Waals surface area contributed by atoms with Crippen LogP contribution in [0.5, 0.6) is 0 Å². The first-order chi connectivity index (χ1) is 7.18. The van der Waals surface area contributed by atoms with Crippen LogP contribution in [0.25, 0.3) is 0 Å². The highest BCUT2D eigenvalue weighted by Crippen LogP contribution is 2.20. The number of nitrogens with zero attached hydrogens (tertiary/aromatic N) is 2. The molecule has 1 aromatic heterocycles. The summed E-state index contributed by atoms with van der Waals surface area (Å²) < 4.78 is 0. The molecule has 15 heavy (non-hydrogen) atoms. The van der Waals surface area contributed by atoms with Crippen molar-refractivity contribution in [1.29, 1.82) is 0 Å². The first-order valence-electron chi connectivity index (χ1n) is 5.20. The molecule has 0 aliphatic carbocycles. The molecule has 2 heterocycles. The summed E-state index contributed by atoms with van der Waals surface area (Å²) in [7, 11) is 0. The highest BCUT2D eigenvalue weighted by molar-refractivity contribution is 5.93. The van der Waals surface area contributed by atoms with Crippen molar-refractivity contribution in [3.8, 4) is 0 Å². The number of pyridine rings is 1. The van der Waals surface area contributed by atoms with Gasteiger partial charge in [-0.05, 0) is 23.6 Å². The zero-order chi connectivity index (χ0) is 10.8. The number of anilines is 1. The van der Waals surface area contributed by atoms with Gasteiger partial charge in [-0.3, -0.25) is 4.90 Å². The van der Waals surface area contributed by atoms with Gasteiger partial charge in [0, 0.05) is 19.3 Å². The molecule has 0 bridgehead atoms. The van der Waals surface area contributed by atoms with Gasteiger partial charge < -0.3 is 5.32 Å². The van der Waals surface area contributed by atoms with Crippen LogP contribution in [0.4, 0.5) is 10.6 Å². The zero-order valence-corrected chi connectivity index (χ0v) is 9.03. The maximum Gasteiger partial charge on any atom is 0.323 e. The lowest BCUT2D eigenvalue weighted by atomic mass is 10.1. The van der Waals surface area contributed by atoms with E-state index in [1.807, 2.05) is 12.1 Å². The van der Waals surface area contributed by atoms with E-state index in [9.17, 15) is 4.79 Å². The van der Waals surface area contributed by atoms with Crippen LogP contribution in [-0.2, 0) is 0 Å². The largest absolute Gasteiger partial charge is 0.336 e. The minimum absolute atomic E-state index is 0.0524. The number of hydrogen-bond donors (Lipinski definition) is 1. The first kappa shape index (κ1) is 9.96. The Bertz CT molecular complexity index is 376. The molecular formula is C11H15N3O. The molecule has 0 aromatic carbocycles. The summed E-state index contributed by atoms with van der Waals surface area (Å²) in [5.41, 5.74) is 1.21. The molecule has 2 amide bonds. The van der Waals surface area contributed by atoms with Crippen molar-refractivity contribution in [2.75, 3.05) is 18.0 Å². The summed E-state index contributed by atoms with van der Waals surface area (Å²) in [6.45, 7) is 5.66. The van der Waals surface area contributed by atoms with E-state index in [0.29, 0.717) is 19.0 Å². The number of carbonyl (C=O) groups is 1. The average molecular weight is 205 g/mol. The van der Waals surface area contributed by atoms with E-state index in [4.69, 9.17) is 0 Å². The Morgan fingerprint density at radius 2 is 2.33 bits per heavy atom. The van der Waals surface area contributed by atoms with Crippen LogP contribution in [0.2, 0.25) is 0 Å². The van der Waals surface area contributed by atoms with Gasteiger partial charge in [0.25, 0.3) is 0 Å². The standard InChI is InChI=1S/C11H15N3O/c1-8(2)9-3-4-12-10(7-9)14-6-5-13-11(14)15/h3-4,7-8H,5-6H2,1-2H3,(H,13,15). The molecule has 1 saturated heterocycles. The number of amides is 2. The van der Waals surface area contributed by atoms with E-state index in [2.05, 4.69) is 24.1 Å². The van der Waals surface area contributed by atoms with Gasteiger partial charge in [0.2, 0.25) is 0 Å². The molecule has 1 aliphatic rings. The number of urea groups is 1. The second kappa shape index (κ2) is 3.88. The van der Waals surface area contributed by atoms with Crippen molar-refractivity contribution in [2.24, 2.45) is 0 Å². The van der Waals surface area contributed by atoms with Gasteiger partial charge in [-0.15, -0.1) is 0 Å². The Balaban J connectivity index is 2.28. The number of aromatic nitrogens is 1. The fraction of sp³-hybridized carbons (Fsp3) is 0.455. The first-order valence-corrected chi connectivity index (χ1v) is 5.20. The highest BCUT2D eigenvalue weighted by Gasteiger charge is 2.22.